The largest absolute Gasteiger partial charge is 0.496 e. The molecule has 1 aromatic rings. The number of aromatic nitrogens is 1. The van der Waals surface area contributed by atoms with Crippen LogP contribution in [0.2, 0.25) is 0 Å². The summed E-state index contributed by atoms with van der Waals surface area (Å²) < 4.78 is 51.5. The van der Waals surface area contributed by atoms with Crippen LogP contribution in [0.4, 0.5) is 13.2 Å². The van der Waals surface area contributed by atoms with Crippen molar-refractivity contribution < 1.29 is 22.5 Å². The molecule has 1 aromatic heterocycles. The molecular weight excluding hydrogens is 294 g/mol. The van der Waals surface area contributed by atoms with E-state index < -0.39 is 30.1 Å². The number of nitrogens with zero attached hydrogens (tertiary/aromatic N) is 1. The maximum absolute atomic E-state index is 13.3. The normalized spacial score (nSPS) is 23.9. The lowest BCUT2D eigenvalue weighted by molar-refractivity contribution is -0.138. The molecule has 2 fully saturated rings. The van der Waals surface area contributed by atoms with Crippen molar-refractivity contribution in [1.29, 1.82) is 0 Å². The Bertz CT molecular complexity index is 581. The van der Waals surface area contributed by atoms with Crippen molar-refractivity contribution in [3.8, 4) is 0 Å². The van der Waals surface area contributed by atoms with Gasteiger partial charge in [0, 0.05) is 17.6 Å². The van der Waals surface area contributed by atoms with Gasteiger partial charge in [-0.3, -0.25) is 4.98 Å². The second-order valence-corrected chi connectivity index (χ2v) is 7.06. The summed E-state index contributed by atoms with van der Waals surface area (Å²) >= 11 is 0. The summed E-state index contributed by atoms with van der Waals surface area (Å²) in [5.74, 6) is -0.0658. The topological polar surface area (TPSA) is 31.4 Å². The van der Waals surface area contributed by atoms with Crippen molar-refractivity contribution in [3.63, 3.8) is 0 Å². The van der Waals surface area contributed by atoms with E-state index in [2.05, 4.69) is 4.98 Å². The Morgan fingerprint density at radius 3 is 2.14 bits per heavy atom. The molecule has 0 N–H and O–H groups in total. The molecule has 1 saturated carbocycles. The van der Waals surface area contributed by atoms with Gasteiger partial charge in [-0.2, -0.15) is 13.2 Å². The van der Waals surface area contributed by atoms with Crippen LogP contribution < -0.4 is 5.46 Å². The smallest absolute Gasteiger partial charge is 0.399 e. The highest BCUT2D eigenvalue weighted by Gasteiger charge is 2.52. The Kier molecular flexibility index (Phi) is 3.38. The average Bonchev–Trinajstić information content (AvgIpc) is 3.16. The summed E-state index contributed by atoms with van der Waals surface area (Å²) in [7, 11) is -0.827. The van der Waals surface area contributed by atoms with E-state index in [9.17, 15) is 13.2 Å². The molecule has 7 heteroatoms. The summed E-state index contributed by atoms with van der Waals surface area (Å²) in [6.07, 6.45) is -1.42. The van der Waals surface area contributed by atoms with Crippen LogP contribution in [0.5, 0.6) is 0 Å². The quantitative estimate of drug-likeness (QED) is 0.785. The molecule has 0 radical (unpaired) electrons. The number of rotatable bonds is 2. The first-order valence-electron chi connectivity index (χ1n) is 7.44. The second kappa shape index (κ2) is 4.71. The monoisotopic (exact) mass is 313 g/mol. The van der Waals surface area contributed by atoms with Crippen LogP contribution in [-0.2, 0) is 15.5 Å². The second-order valence-electron chi connectivity index (χ2n) is 7.06. The van der Waals surface area contributed by atoms with Gasteiger partial charge >= 0.3 is 13.3 Å². The molecule has 3 rings (SSSR count). The summed E-state index contributed by atoms with van der Waals surface area (Å²) in [5, 5.41) is 0. The first kappa shape index (κ1) is 15.8. The van der Waals surface area contributed by atoms with Gasteiger partial charge in [0.25, 0.3) is 0 Å². The van der Waals surface area contributed by atoms with Crippen LogP contribution in [0, 0.1) is 0 Å². The zero-order chi connectivity index (χ0) is 16.3. The minimum Gasteiger partial charge on any atom is -0.399 e. The first-order valence-corrected chi connectivity index (χ1v) is 7.44. The van der Waals surface area contributed by atoms with Crippen molar-refractivity contribution in [2.75, 3.05) is 0 Å². The van der Waals surface area contributed by atoms with Gasteiger partial charge in [0.2, 0.25) is 0 Å². The molecule has 0 spiro atoms. The summed E-state index contributed by atoms with van der Waals surface area (Å²) in [6.45, 7) is 7.46. The third-order valence-corrected chi connectivity index (χ3v) is 4.73. The zero-order valence-corrected chi connectivity index (χ0v) is 13.1. The lowest BCUT2D eigenvalue weighted by atomic mass is 9.79. The van der Waals surface area contributed by atoms with Gasteiger partial charge in [0.05, 0.1) is 22.5 Å². The molecule has 22 heavy (non-hydrogen) atoms. The number of alkyl halides is 3. The fourth-order valence-electron chi connectivity index (χ4n) is 2.51. The minimum atomic E-state index is -4.41. The van der Waals surface area contributed by atoms with E-state index >= 15 is 0 Å². The van der Waals surface area contributed by atoms with Crippen LogP contribution >= 0.6 is 0 Å². The number of hydrogen-bond donors (Lipinski definition) is 0. The van der Waals surface area contributed by atoms with Gasteiger partial charge in [0.15, 0.2) is 0 Å². The van der Waals surface area contributed by atoms with Crippen LogP contribution in [0.1, 0.15) is 57.7 Å². The Balaban J connectivity index is 1.96. The minimum absolute atomic E-state index is 0.0658. The molecule has 0 bridgehead atoms. The molecule has 2 aliphatic rings. The van der Waals surface area contributed by atoms with Crippen molar-refractivity contribution >= 4 is 12.6 Å². The Hall–Kier alpha value is -1.08. The molecule has 1 aliphatic carbocycles. The highest BCUT2D eigenvalue weighted by atomic mass is 19.4. The van der Waals surface area contributed by atoms with Gasteiger partial charge in [-0.25, -0.2) is 0 Å². The molecule has 1 aliphatic heterocycles. The molecule has 1 saturated heterocycles. The lowest BCUT2D eigenvalue weighted by Crippen LogP contribution is -2.41. The van der Waals surface area contributed by atoms with Crippen molar-refractivity contribution in [2.45, 2.75) is 63.8 Å². The van der Waals surface area contributed by atoms with E-state index in [0.717, 1.165) is 18.9 Å². The molecule has 0 atom stereocenters. The maximum Gasteiger partial charge on any atom is 0.496 e. The molecule has 120 valence electrons. The first-order chi connectivity index (χ1) is 10.0. The molecule has 2 heterocycles. The molecule has 0 unspecified atom stereocenters. The summed E-state index contributed by atoms with van der Waals surface area (Å²) in [4.78, 5) is 4.07. The standard InChI is InChI=1S/C15H19BF3NO2/c1-13(2)14(3,4)22-16(21-13)10-7-11(15(17,18)19)12(20-8-10)9-5-6-9/h7-9H,5-6H2,1-4H3. The highest BCUT2D eigenvalue weighted by Crippen LogP contribution is 2.44. The molecule has 0 aromatic carbocycles. The summed E-state index contributed by atoms with van der Waals surface area (Å²) in [6, 6.07) is 1.13. The predicted octanol–water partition coefficient (Wildman–Crippen LogP) is 3.28. The third kappa shape index (κ3) is 2.65. The van der Waals surface area contributed by atoms with E-state index in [1.165, 1.54) is 6.20 Å². The van der Waals surface area contributed by atoms with Gasteiger partial charge in [0.1, 0.15) is 0 Å². The molecule has 3 nitrogen and oxygen atoms in total. The SMILES string of the molecule is CC1(C)OB(c2cnc(C3CC3)c(C(F)(F)F)c2)OC1(C)C. The summed E-state index contributed by atoms with van der Waals surface area (Å²) in [5.41, 5.74) is -1.39. The van der Waals surface area contributed by atoms with E-state index in [0.29, 0.717) is 5.46 Å². The average molecular weight is 313 g/mol. The van der Waals surface area contributed by atoms with E-state index in [1.807, 2.05) is 27.7 Å². The number of hydrogen-bond acceptors (Lipinski definition) is 3. The van der Waals surface area contributed by atoms with Gasteiger partial charge < -0.3 is 9.31 Å². The fourth-order valence-corrected chi connectivity index (χ4v) is 2.51. The van der Waals surface area contributed by atoms with Crippen LogP contribution in [0.15, 0.2) is 12.3 Å². The number of pyridine rings is 1. The van der Waals surface area contributed by atoms with Crippen LogP contribution in [-0.4, -0.2) is 23.3 Å². The van der Waals surface area contributed by atoms with Gasteiger partial charge in [-0.1, -0.05) is 0 Å². The van der Waals surface area contributed by atoms with E-state index in [-0.39, 0.29) is 11.6 Å². The van der Waals surface area contributed by atoms with Gasteiger partial charge in [-0.05, 0) is 46.6 Å². The Morgan fingerprint density at radius 2 is 1.68 bits per heavy atom. The van der Waals surface area contributed by atoms with Gasteiger partial charge in [-0.15, -0.1) is 0 Å². The lowest BCUT2D eigenvalue weighted by Gasteiger charge is -2.32. The molecular formula is C15H19BF3NO2. The highest BCUT2D eigenvalue weighted by molar-refractivity contribution is 6.62. The Morgan fingerprint density at radius 1 is 1.14 bits per heavy atom. The third-order valence-electron chi connectivity index (χ3n) is 4.73. The van der Waals surface area contributed by atoms with Crippen molar-refractivity contribution in [1.82, 2.24) is 4.98 Å². The van der Waals surface area contributed by atoms with Crippen molar-refractivity contribution in [2.24, 2.45) is 0 Å². The fraction of sp³-hybridized carbons (Fsp3) is 0.667. The van der Waals surface area contributed by atoms with Crippen LogP contribution in [0.3, 0.4) is 0 Å². The Labute approximate surface area is 128 Å². The van der Waals surface area contributed by atoms with E-state index in [1.54, 1.807) is 0 Å². The maximum atomic E-state index is 13.3. The predicted molar refractivity (Wildman–Crippen MR) is 76.9 cm³/mol. The van der Waals surface area contributed by atoms with Crippen molar-refractivity contribution in [3.05, 3.63) is 23.5 Å². The van der Waals surface area contributed by atoms with Crippen LogP contribution in [0.25, 0.3) is 0 Å². The van der Waals surface area contributed by atoms with E-state index in [4.69, 9.17) is 9.31 Å². The molecule has 0 amide bonds. The zero-order valence-electron chi connectivity index (χ0n) is 13.1. The number of halogens is 3.